The fourth-order valence-electron chi connectivity index (χ4n) is 4.15. The molecule has 1 aliphatic heterocycles. The van der Waals surface area contributed by atoms with E-state index >= 15 is 0 Å². The molecular weight excluding hydrogens is 557 g/mol. The van der Waals surface area contributed by atoms with Crippen molar-refractivity contribution in [3.63, 3.8) is 0 Å². The maximum absolute atomic E-state index is 13.3. The van der Waals surface area contributed by atoms with Gasteiger partial charge in [-0.1, -0.05) is 53.2 Å². The van der Waals surface area contributed by atoms with Crippen LogP contribution in [0, 0.1) is 0 Å². The van der Waals surface area contributed by atoms with Crippen LogP contribution in [0.4, 0.5) is 0 Å². The Kier molecular flexibility index (Phi) is 8.88. The SMILES string of the molecule is O=C(c1cccnc1Sc1ccc(Cl)cc1)N1CCN(Cc2cc(=O)c(OCc3ccccc3Cl)co2)CC1. The fraction of sp³-hybridized carbons (Fsp3) is 0.207. The summed E-state index contributed by atoms with van der Waals surface area (Å²) in [6.07, 6.45) is 3.03. The molecule has 0 radical (unpaired) electrons. The second kappa shape index (κ2) is 12.7. The van der Waals surface area contributed by atoms with Gasteiger partial charge in [-0.2, -0.15) is 0 Å². The molecule has 5 rings (SSSR count). The number of rotatable bonds is 8. The lowest BCUT2D eigenvalue weighted by Gasteiger charge is -2.34. The van der Waals surface area contributed by atoms with Crippen molar-refractivity contribution in [2.45, 2.75) is 23.1 Å². The van der Waals surface area contributed by atoms with Crippen LogP contribution >= 0.6 is 35.0 Å². The Hall–Kier alpha value is -3.30. The average molecular weight is 583 g/mol. The van der Waals surface area contributed by atoms with Crippen LogP contribution in [0.25, 0.3) is 0 Å². The first-order valence-electron chi connectivity index (χ1n) is 12.3. The quantitative estimate of drug-likeness (QED) is 0.251. The smallest absolute Gasteiger partial charge is 0.256 e. The van der Waals surface area contributed by atoms with Gasteiger partial charge in [-0.25, -0.2) is 4.98 Å². The van der Waals surface area contributed by atoms with Gasteiger partial charge < -0.3 is 14.1 Å². The number of ether oxygens (including phenoxy) is 1. The molecule has 0 bridgehead atoms. The summed E-state index contributed by atoms with van der Waals surface area (Å²) in [4.78, 5) is 35.3. The molecule has 10 heteroatoms. The van der Waals surface area contributed by atoms with Gasteiger partial charge in [0.25, 0.3) is 5.91 Å². The molecule has 2 aromatic heterocycles. The third kappa shape index (κ3) is 7.02. The summed E-state index contributed by atoms with van der Waals surface area (Å²) in [5.74, 6) is 0.627. The summed E-state index contributed by atoms with van der Waals surface area (Å²) >= 11 is 13.6. The molecular formula is C29H25Cl2N3O4S. The van der Waals surface area contributed by atoms with E-state index < -0.39 is 0 Å². The van der Waals surface area contributed by atoms with Gasteiger partial charge in [0, 0.05) is 58.9 Å². The Bertz CT molecular complexity index is 1510. The van der Waals surface area contributed by atoms with E-state index in [1.165, 1.54) is 24.1 Å². The monoisotopic (exact) mass is 581 g/mol. The van der Waals surface area contributed by atoms with Gasteiger partial charge >= 0.3 is 0 Å². The van der Waals surface area contributed by atoms with Crippen molar-refractivity contribution in [3.05, 3.63) is 116 Å². The number of carbonyl (C=O) groups excluding carboxylic acids is 1. The third-order valence-corrected chi connectivity index (χ3v) is 7.91. The number of carbonyl (C=O) groups is 1. The number of hydrogen-bond donors (Lipinski definition) is 0. The van der Waals surface area contributed by atoms with Crippen molar-refractivity contribution in [2.75, 3.05) is 26.2 Å². The van der Waals surface area contributed by atoms with Crippen LogP contribution < -0.4 is 10.2 Å². The Morgan fingerprint density at radius 3 is 2.51 bits per heavy atom. The number of amides is 1. The Morgan fingerprint density at radius 2 is 1.77 bits per heavy atom. The van der Waals surface area contributed by atoms with Crippen LogP contribution in [0.2, 0.25) is 10.0 Å². The zero-order chi connectivity index (χ0) is 27.2. The largest absolute Gasteiger partial charge is 0.482 e. The topological polar surface area (TPSA) is 75.9 Å². The van der Waals surface area contributed by atoms with Crippen molar-refractivity contribution in [1.82, 2.24) is 14.8 Å². The summed E-state index contributed by atoms with van der Waals surface area (Å²) in [5.41, 5.74) is 1.11. The van der Waals surface area contributed by atoms with Crippen molar-refractivity contribution in [3.8, 4) is 5.75 Å². The molecule has 0 aliphatic carbocycles. The van der Waals surface area contributed by atoms with E-state index in [-0.39, 0.29) is 23.7 Å². The molecule has 0 atom stereocenters. The van der Waals surface area contributed by atoms with Crippen LogP contribution in [0.1, 0.15) is 21.7 Å². The summed E-state index contributed by atoms with van der Waals surface area (Å²) in [7, 11) is 0. The molecule has 0 saturated carbocycles. The van der Waals surface area contributed by atoms with E-state index in [1.807, 2.05) is 53.4 Å². The predicted molar refractivity (Wildman–Crippen MR) is 152 cm³/mol. The molecule has 1 saturated heterocycles. The molecule has 7 nitrogen and oxygen atoms in total. The van der Waals surface area contributed by atoms with Gasteiger partial charge in [-0.3, -0.25) is 14.5 Å². The summed E-state index contributed by atoms with van der Waals surface area (Å²) < 4.78 is 11.3. The minimum atomic E-state index is -0.251. The first-order valence-corrected chi connectivity index (χ1v) is 13.9. The van der Waals surface area contributed by atoms with Crippen molar-refractivity contribution >= 4 is 40.9 Å². The van der Waals surface area contributed by atoms with E-state index in [4.69, 9.17) is 32.4 Å². The first-order chi connectivity index (χ1) is 19.0. The van der Waals surface area contributed by atoms with E-state index in [9.17, 15) is 9.59 Å². The van der Waals surface area contributed by atoms with E-state index in [2.05, 4.69) is 9.88 Å². The van der Waals surface area contributed by atoms with Gasteiger partial charge in [0.05, 0.1) is 12.1 Å². The number of pyridine rings is 1. The van der Waals surface area contributed by atoms with Gasteiger partial charge in [0.15, 0.2) is 0 Å². The predicted octanol–water partition coefficient (Wildman–Crippen LogP) is 6.03. The van der Waals surface area contributed by atoms with E-state index in [0.717, 1.165) is 10.5 Å². The van der Waals surface area contributed by atoms with Crippen molar-refractivity contribution in [2.24, 2.45) is 0 Å². The van der Waals surface area contributed by atoms with Crippen LogP contribution in [-0.4, -0.2) is 46.9 Å². The summed E-state index contributed by atoms with van der Waals surface area (Å²) in [6, 6.07) is 19.8. The highest BCUT2D eigenvalue weighted by Gasteiger charge is 2.25. The van der Waals surface area contributed by atoms with E-state index in [1.54, 1.807) is 18.3 Å². The Balaban J connectivity index is 1.16. The number of hydrogen-bond acceptors (Lipinski definition) is 7. The second-order valence-electron chi connectivity index (χ2n) is 8.94. The van der Waals surface area contributed by atoms with Crippen LogP contribution in [-0.2, 0) is 13.2 Å². The zero-order valence-electron chi connectivity index (χ0n) is 20.9. The molecule has 2 aromatic carbocycles. The summed E-state index contributed by atoms with van der Waals surface area (Å²) in [6.45, 7) is 3.06. The number of piperazine rings is 1. The highest BCUT2D eigenvalue weighted by Crippen LogP contribution is 2.30. The van der Waals surface area contributed by atoms with Crippen molar-refractivity contribution in [1.29, 1.82) is 0 Å². The molecule has 0 unspecified atom stereocenters. The van der Waals surface area contributed by atoms with Crippen LogP contribution in [0.5, 0.6) is 5.75 Å². The lowest BCUT2D eigenvalue weighted by molar-refractivity contribution is 0.0615. The second-order valence-corrected chi connectivity index (χ2v) is 10.8. The normalized spacial score (nSPS) is 13.8. The summed E-state index contributed by atoms with van der Waals surface area (Å²) in [5, 5.41) is 1.90. The molecule has 3 heterocycles. The van der Waals surface area contributed by atoms with Crippen molar-refractivity contribution < 1.29 is 13.9 Å². The molecule has 4 aromatic rings. The Labute approximate surface area is 240 Å². The molecule has 200 valence electrons. The number of aromatic nitrogens is 1. The first kappa shape index (κ1) is 27.3. The standard InChI is InChI=1S/C29H25Cl2N3O4S/c30-21-7-9-23(10-8-21)39-28-24(5-3-11-32-28)29(36)34-14-12-33(13-15-34)17-22-16-26(35)27(19-37-22)38-18-20-4-1-2-6-25(20)31/h1-11,16,19H,12-15,17-18H2. The highest BCUT2D eigenvalue weighted by molar-refractivity contribution is 7.99. The maximum atomic E-state index is 13.3. The minimum Gasteiger partial charge on any atom is -0.482 e. The number of nitrogens with zero attached hydrogens (tertiary/aromatic N) is 3. The molecule has 0 N–H and O–H groups in total. The lowest BCUT2D eigenvalue weighted by atomic mass is 10.2. The number of benzene rings is 2. The van der Waals surface area contributed by atoms with E-state index in [0.29, 0.717) is 59.1 Å². The number of halogens is 2. The Morgan fingerprint density at radius 1 is 1.00 bits per heavy atom. The highest BCUT2D eigenvalue weighted by atomic mass is 35.5. The van der Waals surface area contributed by atoms with Gasteiger partial charge in [-0.05, 0) is 42.5 Å². The van der Waals surface area contributed by atoms with Crippen LogP contribution in [0.3, 0.4) is 0 Å². The van der Waals surface area contributed by atoms with Gasteiger partial charge in [0.1, 0.15) is 23.7 Å². The fourth-order valence-corrected chi connectivity index (χ4v) is 5.34. The van der Waals surface area contributed by atoms with Gasteiger partial charge in [0.2, 0.25) is 11.2 Å². The molecule has 1 fully saturated rings. The molecule has 1 aliphatic rings. The molecule has 1 amide bonds. The van der Waals surface area contributed by atoms with Gasteiger partial charge in [-0.15, -0.1) is 0 Å². The minimum absolute atomic E-state index is 0.0502. The van der Waals surface area contributed by atoms with Crippen LogP contribution in [0.15, 0.2) is 98.3 Å². The maximum Gasteiger partial charge on any atom is 0.256 e. The molecule has 39 heavy (non-hydrogen) atoms. The zero-order valence-corrected chi connectivity index (χ0v) is 23.2. The lowest BCUT2D eigenvalue weighted by Crippen LogP contribution is -2.48. The average Bonchev–Trinajstić information content (AvgIpc) is 2.95. The third-order valence-electron chi connectivity index (χ3n) is 6.26. The molecule has 0 spiro atoms.